The topological polar surface area (TPSA) is 28.1 Å². The summed E-state index contributed by atoms with van der Waals surface area (Å²) in [4.78, 5) is 7.79. The molecule has 1 N–H and O–H groups in total. The lowest BCUT2D eigenvalue weighted by Crippen LogP contribution is -2.01. The first-order chi connectivity index (χ1) is 17.1. The van der Waals surface area contributed by atoms with E-state index in [9.17, 15) is 4.39 Å². The van der Waals surface area contributed by atoms with Crippen molar-refractivity contribution in [3.05, 3.63) is 93.0 Å². The van der Waals surface area contributed by atoms with Gasteiger partial charge in [-0.25, -0.2) is 4.39 Å². The molecule has 1 unspecified atom stereocenters. The van der Waals surface area contributed by atoms with Crippen LogP contribution in [0.1, 0.15) is 88.6 Å². The molecule has 0 bridgehead atoms. The summed E-state index contributed by atoms with van der Waals surface area (Å²) in [5.41, 5.74) is 7.84. The molecule has 3 rings (SSSR count). The molecule has 1 aromatic heterocycles. The minimum absolute atomic E-state index is 0.189. The molecule has 0 aliphatic rings. The van der Waals surface area contributed by atoms with E-state index in [4.69, 9.17) is 23.2 Å². The molecule has 5 heteroatoms. The fourth-order valence-corrected chi connectivity index (χ4v) is 4.58. The highest BCUT2D eigenvalue weighted by atomic mass is 35.5. The summed E-state index contributed by atoms with van der Waals surface area (Å²) in [6, 6.07) is 11.9. The van der Waals surface area contributed by atoms with Crippen LogP contribution >= 0.6 is 23.2 Å². The van der Waals surface area contributed by atoms with Gasteiger partial charge < -0.3 is 4.98 Å². The zero-order chi connectivity index (χ0) is 26.8. The third-order valence-electron chi connectivity index (χ3n) is 6.12. The molecule has 0 saturated carbocycles. The van der Waals surface area contributed by atoms with Crippen LogP contribution in [-0.2, 0) is 6.42 Å². The zero-order valence-corrected chi connectivity index (χ0v) is 24.0. The van der Waals surface area contributed by atoms with Crippen LogP contribution in [-0.4, -0.2) is 10.7 Å². The number of H-pyrrole nitrogens is 1. The summed E-state index contributed by atoms with van der Waals surface area (Å²) in [6.07, 6.45) is 7.14. The van der Waals surface area contributed by atoms with Crippen molar-refractivity contribution in [3.8, 4) is 0 Å². The van der Waals surface area contributed by atoms with Crippen molar-refractivity contribution in [3.63, 3.8) is 0 Å². The predicted octanol–water partition coefficient (Wildman–Crippen LogP) is 10.7. The number of benzene rings is 2. The zero-order valence-electron chi connectivity index (χ0n) is 22.4. The Hall–Kier alpha value is -2.36. The highest BCUT2D eigenvalue weighted by Crippen LogP contribution is 2.35. The third-order valence-corrected chi connectivity index (χ3v) is 6.51. The first-order valence-corrected chi connectivity index (χ1v) is 13.5. The number of nitrogens with zero attached hydrogens (tertiary/aromatic N) is 1. The van der Waals surface area contributed by atoms with Crippen LogP contribution in [0.25, 0.3) is 10.9 Å². The third kappa shape index (κ3) is 8.64. The summed E-state index contributed by atoms with van der Waals surface area (Å²) >= 11 is 11.6. The Balaban J connectivity index is 0.000000324. The molecule has 0 amide bonds. The summed E-state index contributed by atoms with van der Waals surface area (Å²) in [7, 11) is 0. The lowest BCUT2D eigenvalue weighted by molar-refractivity contribution is 0.630. The molecule has 0 spiro atoms. The molecule has 0 fully saturated rings. The van der Waals surface area contributed by atoms with Gasteiger partial charge in [-0.3, -0.25) is 4.99 Å². The Bertz CT molecular complexity index is 1220. The van der Waals surface area contributed by atoms with Crippen molar-refractivity contribution in [2.75, 3.05) is 0 Å². The molecule has 0 saturated heterocycles. The van der Waals surface area contributed by atoms with Gasteiger partial charge >= 0.3 is 0 Å². The van der Waals surface area contributed by atoms with Crippen LogP contribution < -0.4 is 0 Å². The minimum Gasteiger partial charge on any atom is -0.358 e. The van der Waals surface area contributed by atoms with Crippen LogP contribution in [0.3, 0.4) is 0 Å². The number of halogens is 3. The number of nitrogens with one attached hydrogen (secondary N) is 1. The van der Waals surface area contributed by atoms with Gasteiger partial charge in [-0.1, -0.05) is 93.2 Å². The highest BCUT2D eigenvalue weighted by molar-refractivity contribution is 6.31. The molecule has 0 aliphatic heterocycles. The normalized spacial score (nSPS) is 12.9. The van der Waals surface area contributed by atoms with E-state index in [2.05, 4.69) is 68.5 Å². The smallest absolute Gasteiger partial charge is 0.143 e. The van der Waals surface area contributed by atoms with E-state index in [-0.39, 0.29) is 16.8 Å². The number of fused-ring (bicyclic) bond motifs is 1. The molecule has 0 radical (unpaired) electrons. The van der Waals surface area contributed by atoms with Gasteiger partial charge in [-0.05, 0) is 69.4 Å². The highest BCUT2D eigenvalue weighted by Gasteiger charge is 2.19. The Morgan fingerprint density at radius 3 is 2.39 bits per heavy atom. The SMILES string of the molecule is C=C(Cl)/C=C(/C)N=C(C)CCC.CCCCc1c(C(C)c2ccc(C)cc2)[nH]c2cc(F)c(Cl)cc12. The quantitative estimate of drug-likeness (QED) is 0.211. The van der Waals surface area contributed by atoms with Crippen molar-refractivity contribution >= 4 is 39.8 Å². The number of aromatic nitrogens is 1. The van der Waals surface area contributed by atoms with E-state index < -0.39 is 0 Å². The van der Waals surface area contributed by atoms with E-state index in [1.807, 2.05) is 13.8 Å². The number of aryl methyl sites for hydroxylation is 2. The minimum atomic E-state index is -0.373. The van der Waals surface area contributed by atoms with Gasteiger partial charge in [-0.15, -0.1) is 0 Å². The maximum absolute atomic E-state index is 13.9. The lowest BCUT2D eigenvalue weighted by atomic mass is 9.92. The largest absolute Gasteiger partial charge is 0.358 e. The van der Waals surface area contributed by atoms with Gasteiger partial charge in [0, 0.05) is 39.0 Å². The van der Waals surface area contributed by atoms with Crippen molar-refractivity contribution in [1.29, 1.82) is 0 Å². The van der Waals surface area contributed by atoms with Gasteiger partial charge in [-0.2, -0.15) is 0 Å². The Labute approximate surface area is 226 Å². The van der Waals surface area contributed by atoms with Gasteiger partial charge in [0.2, 0.25) is 0 Å². The molecule has 2 aromatic carbocycles. The number of hydrogen-bond donors (Lipinski definition) is 1. The van der Waals surface area contributed by atoms with Crippen LogP contribution in [0, 0.1) is 12.7 Å². The molecule has 2 nitrogen and oxygen atoms in total. The van der Waals surface area contributed by atoms with Crippen LogP contribution in [0.2, 0.25) is 5.02 Å². The fourth-order valence-electron chi connectivity index (χ4n) is 4.26. The number of aromatic amines is 1. The molecule has 1 heterocycles. The molecule has 194 valence electrons. The number of unbranched alkanes of at least 4 members (excludes halogenated alkanes) is 1. The number of rotatable bonds is 9. The molecule has 36 heavy (non-hydrogen) atoms. The van der Waals surface area contributed by atoms with Crippen LogP contribution in [0.5, 0.6) is 0 Å². The van der Waals surface area contributed by atoms with E-state index in [0.717, 1.165) is 54.4 Å². The summed E-state index contributed by atoms with van der Waals surface area (Å²) < 4.78 is 13.9. The average Bonchev–Trinajstić information content (AvgIpc) is 3.15. The van der Waals surface area contributed by atoms with Crippen molar-refractivity contribution in [1.82, 2.24) is 4.98 Å². The molecule has 3 aromatic rings. The summed E-state index contributed by atoms with van der Waals surface area (Å²) in [5.74, 6) is -0.145. The van der Waals surface area contributed by atoms with Crippen LogP contribution in [0.15, 0.2) is 64.8 Å². The predicted molar refractivity (Wildman–Crippen MR) is 157 cm³/mol. The fraction of sp³-hybridized carbons (Fsp3) is 0.387. The van der Waals surface area contributed by atoms with Crippen LogP contribution in [0.4, 0.5) is 4.39 Å². The Morgan fingerprint density at radius 2 is 1.81 bits per heavy atom. The second-order valence-corrected chi connectivity index (χ2v) is 10.3. The Kier molecular flexibility index (Phi) is 11.9. The monoisotopic (exact) mass is 528 g/mol. The van der Waals surface area contributed by atoms with E-state index >= 15 is 0 Å². The summed E-state index contributed by atoms with van der Waals surface area (Å²) in [5, 5.41) is 1.76. The number of aliphatic imine (C=N–C) groups is 1. The van der Waals surface area contributed by atoms with Crippen molar-refractivity contribution in [2.24, 2.45) is 4.99 Å². The maximum atomic E-state index is 13.9. The van der Waals surface area contributed by atoms with Gasteiger partial charge in [0.25, 0.3) is 0 Å². The molecular weight excluding hydrogens is 490 g/mol. The Morgan fingerprint density at radius 1 is 1.14 bits per heavy atom. The second-order valence-electron chi connectivity index (χ2n) is 9.39. The number of allylic oxidation sites excluding steroid dienone is 3. The van der Waals surface area contributed by atoms with E-state index in [1.165, 1.54) is 28.5 Å². The molecular formula is C31H39Cl2FN2. The first kappa shape index (κ1) is 29.9. The molecule has 0 aliphatic carbocycles. The first-order valence-electron chi connectivity index (χ1n) is 12.7. The van der Waals surface area contributed by atoms with Gasteiger partial charge in [0.1, 0.15) is 5.82 Å². The standard InChI is InChI=1S/C21H23ClFN.C10H16ClN/c1-4-5-6-16-17-11-18(22)19(23)12-20(17)24-21(16)14(3)15-9-7-13(2)8-10-15;1-5-6-9(3)12-10(4)7-8(2)11/h7-12,14,24H,4-6H2,1-3H3;7H,2,5-6H2,1,3-4H3/b;10-7-,12-9?. The van der Waals surface area contributed by atoms with E-state index in [1.54, 1.807) is 12.1 Å². The molecule has 1 atom stereocenters. The van der Waals surface area contributed by atoms with Gasteiger partial charge in [0.15, 0.2) is 0 Å². The summed E-state index contributed by atoms with van der Waals surface area (Å²) in [6.45, 7) is 16.1. The van der Waals surface area contributed by atoms with E-state index in [0.29, 0.717) is 5.03 Å². The average molecular weight is 530 g/mol. The van der Waals surface area contributed by atoms with Gasteiger partial charge in [0.05, 0.1) is 5.02 Å². The lowest BCUT2D eigenvalue weighted by Gasteiger charge is -2.14. The maximum Gasteiger partial charge on any atom is 0.143 e. The van der Waals surface area contributed by atoms with Crippen molar-refractivity contribution in [2.45, 2.75) is 79.6 Å². The van der Waals surface area contributed by atoms with Crippen molar-refractivity contribution < 1.29 is 4.39 Å². The second kappa shape index (κ2) is 14.4. The number of hydrogen-bond acceptors (Lipinski definition) is 1.